The molecule has 0 bridgehead atoms. The van der Waals surface area contributed by atoms with E-state index < -0.39 is 0 Å². The van der Waals surface area contributed by atoms with E-state index in [9.17, 15) is 5.11 Å². The highest BCUT2D eigenvalue weighted by Crippen LogP contribution is 2.21. The third-order valence-electron chi connectivity index (χ3n) is 2.63. The van der Waals surface area contributed by atoms with Gasteiger partial charge in [0.05, 0.1) is 11.4 Å². The molecule has 0 aliphatic heterocycles. The van der Waals surface area contributed by atoms with Crippen LogP contribution in [0, 0.1) is 13.8 Å². The number of nitrogens with zero attached hydrogens (tertiary/aromatic N) is 2. The maximum absolute atomic E-state index is 9.22. The first-order valence-electron chi connectivity index (χ1n) is 5.60. The summed E-state index contributed by atoms with van der Waals surface area (Å²) in [6, 6.07) is 6.94. The Morgan fingerprint density at radius 2 is 1.94 bits per heavy atom. The fourth-order valence-corrected chi connectivity index (χ4v) is 2.18. The number of aromatic nitrogens is 1. The van der Waals surface area contributed by atoms with Gasteiger partial charge in [-0.1, -0.05) is 0 Å². The van der Waals surface area contributed by atoms with Crippen molar-refractivity contribution in [3.05, 3.63) is 40.4 Å². The lowest BCUT2D eigenvalue weighted by atomic mass is 10.1. The number of aryl methyl sites for hydroxylation is 2. The maximum Gasteiger partial charge on any atom is 0.203 e. The summed E-state index contributed by atoms with van der Waals surface area (Å²) in [7, 11) is 0. The standard InChI is InChI=1S/C13H15N3OS/c1-8-10(3)18-13(14-8)16-15-9(2)11-4-6-12(17)7-5-11/h4-7,17H,1-3H3,(H,14,16)/b15-9-. The molecule has 0 fully saturated rings. The number of hydrogen-bond acceptors (Lipinski definition) is 5. The van der Waals surface area contributed by atoms with Gasteiger partial charge in [-0.2, -0.15) is 5.10 Å². The molecule has 0 aliphatic rings. The minimum Gasteiger partial charge on any atom is -0.508 e. The van der Waals surface area contributed by atoms with Gasteiger partial charge in [0.15, 0.2) is 0 Å². The van der Waals surface area contributed by atoms with Crippen molar-refractivity contribution in [2.24, 2.45) is 5.10 Å². The first-order chi connectivity index (χ1) is 8.56. The molecule has 0 amide bonds. The molecule has 0 saturated carbocycles. The number of phenols is 1. The third kappa shape index (κ3) is 2.87. The molecule has 0 radical (unpaired) electrons. The number of anilines is 1. The zero-order valence-corrected chi connectivity index (χ0v) is 11.4. The summed E-state index contributed by atoms with van der Waals surface area (Å²) in [6.07, 6.45) is 0. The molecule has 4 nitrogen and oxygen atoms in total. The van der Waals surface area contributed by atoms with Gasteiger partial charge in [-0.15, -0.1) is 11.3 Å². The number of thiazole rings is 1. The van der Waals surface area contributed by atoms with Crippen LogP contribution in [-0.4, -0.2) is 15.8 Å². The Hall–Kier alpha value is -1.88. The zero-order chi connectivity index (χ0) is 13.1. The molecule has 2 rings (SSSR count). The Labute approximate surface area is 110 Å². The van der Waals surface area contributed by atoms with E-state index in [4.69, 9.17) is 0 Å². The molecule has 1 aromatic carbocycles. The Balaban J connectivity index is 2.11. The van der Waals surface area contributed by atoms with Gasteiger partial charge in [-0.3, -0.25) is 5.43 Å². The second-order valence-corrected chi connectivity index (χ2v) is 5.22. The van der Waals surface area contributed by atoms with E-state index in [1.165, 1.54) is 4.88 Å². The predicted octanol–water partition coefficient (Wildman–Crippen LogP) is 3.30. The molecule has 1 heterocycles. The van der Waals surface area contributed by atoms with Crippen molar-refractivity contribution in [3.8, 4) is 5.75 Å². The normalized spacial score (nSPS) is 11.6. The van der Waals surface area contributed by atoms with Gasteiger partial charge >= 0.3 is 0 Å². The minimum atomic E-state index is 0.255. The van der Waals surface area contributed by atoms with Crippen LogP contribution in [0.3, 0.4) is 0 Å². The molecule has 0 spiro atoms. The van der Waals surface area contributed by atoms with Crippen LogP contribution in [0.1, 0.15) is 23.1 Å². The fraction of sp³-hybridized carbons (Fsp3) is 0.231. The molecular weight excluding hydrogens is 246 g/mol. The summed E-state index contributed by atoms with van der Waals surface area (Å²) in [5.41, 5.74) is 5.79. The molecule has 2 N–H and O–H groups in total. The first-order valence-corrected chi connectivity index (χ1v) is 6.41. The van der Waals surface area contributed by atoms with Gasteiger partial charge < -0.3 is 5.11 Å². The molecule has 18 heavy (non-hydrogen) atoms. The van der Waals surface area contributed by atoms with Crippen molar-refractivity contribution in [1.82, 2.24) is 4.98 Å². The van der Waals surface area contributed by atoms with Crippen molar-refractivity contribution in [3.63, 3.8) is 0 Å². The van der Waals surface area contributed by atoms with Gasteiger partial charge in [0, 0.05) is 4.88 Å². The van der Waals surface area contributed by atoms with Crippen LogP contribution < -0.4 is 5.43 Å². The van der Waals surface area contributed by atoms with Gasteiger partial charge in [0.2, 0.25) is 5.13 Å². The highest BCUT2D eigenvalue weighted by atomic mass is 32.1. The van der Waals surface area contributed by atoms with Gasteiger partial charge in [0.1, 0.15) is 5.75 Å². The summed E-state index contributed by atoms with van der Waals surface area (Å²) in [4.78, 5) is 5.54. The van der Waals surface area contributed by atoms with E-state index >= 15 is 0 Å². The Kier molecular flexibility index (Phi) is 3.62. The monoisotopic (exact) mass is 261 g/mol. The van der Waals surface area contributed by atoms with Crippen LogP contribution in [0.15, 0.2) is 29.4 Å². The van der Waals surface area contributed by atoms with Crippen LogP contribution in [0.4, 0.5) is 5.13 Å². The summed E-state index contributed by atoms with van der Waals surface area (Å²) < 4.78 is 0. The van der Waals surface area contributed by atoms with Gasteiger partial charge in [-0.05, 0) is 50.6 Å². The van der Waals surface area contributed by atoms with Crippen molar-refractivity contribution in [1.29, 1.82) is 0 Å². The molecule has 1 aromatic heterocycles. The molecular formula is C13H15N3OS. The number of phenolic OH excluding ortho intramolecular Hbond substituents is 1. The summed E-state index contributed by atoms with van der Waals surface area (Å²) in [6.45, 7) is 5.93. The smallest absolute Gasteiger partial charge is 0.203 e. The SMILES string of the molecule is C/C(=N/Nc1nc(C)c(C)s1)c1ccc(O)cc1. The zero-order valence-electron chi connectivity index (χ0n) is 10.6. The van der Waals surface area contributed by atoms with Crippen molar-refractivity contribution < 1.29 is 5.11 Å². The molecule has 0 aliphatic carbocycles. The fourth-order valence-electron chi connectivity index (χ4n) is 1.42. The minimum absolute atomic E-state index is 0.255. The molecule has 2 aromatic rings. The van der Waals surface area contributed by atoms with Gasteiger partial charge in [-0.25, -0.2) is 4.98 Å². The Morgan fingerprint density at radius 1 is 1.28 bits per heavy atom. The van der Waals surface area contributed by atoms with E-state index in [2.05, 4.69) is 15.5 Å². The predicted molar refractivity (Wildman–Crippen MR) is 75.5 cm³/mol. The Bertz CT molecular complexity index is 553. The van der Waals surface area contributed by atoms with Crippen molar-refractivity contribution in [2.45, 2.75) is 20.8 Å². The summed E-state index contributed by atoms with van der Waals surface area (Å²) in [5.74, 6) is 0.255. The third-order valence-corrected chi connectivity index (χ3v) is 3.61. The number of benzene rings is 1. The summed E-state index contributed by atoms with van der Waals surface area (Å²) >= 11 is 1.58. The second-order valence-electron chi connectivity index (χ2n) is 4.02. The van der Waals surface area contributed by atoms with Crippen LogP contribution in [-0.2, 0) is 0 Å². The summed E-state index contributed by atoms with van der Waals surface area (Å²) in [5, 5.41) is 14.3. The number of nitrogens with one attached hydrogen (secondary N) is 1. The van der Waals surface area contributed by atoms with E-state index in [0.717, 1.165) is 22.1 Å². The average molecular weight is 261 g/mol. The number of hydrogen-bond donors (Lipinski definition) is 2. The van der Waals surface area contributed by atoms with Crippen LogP contribution in [0.5, 0.6) is 5.75 Å². The van der Waals surface area contributed by atoms with E-state index in [1.807, 2.05) is 32.9 Å². The lowest BCUT2D eigenvalue weighted by Gasteiger charge is -2.01. The number of rotatable bonds is 3. The quantitative estimate of drug-likeness (QED) is 0.658. The molecule has 0 atom stereocenters. The highest BCUT2D eigenvalue weighted by molar-refractivity contribution is 7.15. The highest BCUT2D eigenvalue weighted by Gasteiger charge is 2.02. The van der Waals surface area contributed by atoms with Crippen LogP contribution in [0.2, 0.25) is 0 Å². The van der Waals surface area contributed by atoms with Crippen LogP contribution >= 0.6 is 11.3 Å². The lowest BCUT2D eigenvalue weighted by Crippen LogP contribution is -1.99. The topological polar surface area (TPSA) is 57.5 Å². The van der Waals surface area contributed by atoms with Crippen molar-refractivity contribution >= 4 is 22.2 Å². The largest absolute Gasteiger partial charge is 0.508 e. The van der Waals surface area contributed by atoms with Gasteiger partial charge in [0.25, 0.3) is 0 Å². The second kappa shape index (κ2) is 5.18. The molecule has 94 valence electrons. The molecule has 5 heteroatoms. The Morgan fingerprint density at radius 3 is 2.50 bits per heavy atom. The van der Waals surface area contributed by atoms with Crippen LogP contribution in [0.25, 0.3) is 0 Å². The maximum atomic E-state index is 9.22. The van der Waals surface area contributed by atoms with E-state index in [-0.39, 0.29) is 5.75 Å². The molecule has 0 saturated heterocycles. The van der Waals surface area contributed by atoms with E-state index in [1.54, 1.807) is 23.5 Å². The van der Waals surface area contributed by atoms with E-state index in [0.29, 0.717) is 0 Å². The van der Waals surface area contributed by atoms with Crippen molar-refractivity contribution in [2.75, 3.05) is 5.43 Å². The number of aromatic hydroxyl groups is 1. The first kappa shape index (κ1) is 12.6. The molecule has 0 unspecified atom stereocenters. The number of hydrazone groups is 1. The lowest BCUT2D eigenvalue weighted by molar-refractivity contribution is 0.475. The average Bonchev–Trinajstić information content (AvgIpc) is 2.67.